The summed E-state index contributed by atoms with van der Waals surface area (Å²) in [6.07, 6.45) is 1.30. The van der Waals surface area contributed by atoms with Crippen LogP contribution in [0.5, 0.6) is 0 Å². The number of hydrogen-bond donors (Lipinski definition) is 1. The molecule has 1 aliphatic heterocycles. The van der Waals surface area contributed by atoms with Gasteiger partial charge in [-0.2, -0.15) is 4.98 Å². The number of aromatic nitrogens is 2. The zero-order valence-electron chi connectivity index (χ0n) is 12.8. The third-order valence-electron chi connectivity index (χ3n) is 4.10. The Hall–Kier alpha value is -2.70. The van der Waals surface area contributed by atoms with Crippen LogP contribution in [0.15, 0.2) is 41.2 Å². The first-order chi connectivity index (χ1) is 11.1. The molecule has 2 aromatic rings. The number of nitrogens with zero attached hydrogens (tertiary/aromatic N) is 3. The number of likely N-dealkylation sites (tertiary alicyclic amines) is 1. The summed E-state index contributed by atoms with van der Waals surface area (Å²) in [5, 5.41) is 6.49. The van der Waals surface area contributed by atoms with Crippen LogP contribution in [0, 0.1) is 0 Å². The number of carbonyl (C=O) groups is 2. The lowest BCUT2D eigenvalue weighted by atomic mass is 9.88. The lowest BCUT2D eigenvalue weighted by Gasteiger charge is -2.16. The molecule has 120 valence electrons. The molecule has 0 radical (unpaired) electrons. The van der Waals surface area contributed by atoms with Crippen molar-refractivity contribution < 1.29 is 14.1 Å². The fraction of sp³-hybridized carbons (Fsp3) is 0.375. The first-order valence-electron chi connectivity index (χ1n) is 7.48. The van der Waals surface area contributed by atoms with Gasteiger partial charge >= 0.3 is 0 Å². The predicted molar refractivity (Wildman–Crippen MR) is 81.5 cm³/mol. The topological polar surface area (TPSA) is 88.3 Å². The molecule has 1 N–H and O–H groups in total. The number of amides is 2. The van der Waals surface area contributed by atoms with Crippen LogP contribution in [0.2, 0.25) is 0 Å². The van der Waals surface area contributed by atoms with Gasteiger partial charge in [0.15, 0.2) is 5.82 Å². The maximum atomic E-state index is 12.3. The van der Waals surface area contributed by atoms with Crippen molar-refractivity contribution in [3.05, 3.63) is 48.1 Å². The highest BCUT2D eigenvalue weighted by Crippen LogP contribution is 2.38. The van der Waals surface area contributed by atoms with E-state index in [1.807, 2.05) is 30.3 Å². The van der Waals surface area contributed by atoms with Crippen molar-refractivity contribution in [2.45, 2.75) is 18.8 Å². The molecule has 2 heterocycles. The summed E-state index contributed by atoms with van der Waals surface area (Å²) in [6, 6.07) is 10.00. The summed E-state index contributed by atoms with van der Waals surface area (Å²) in [6.45, 7) is 2.49. The van der Waals surface area contributed by atoms with Crippen molar-refractivity contribution in [1.82, 2.24) is 20.4 Å². The zero-order valence-corrected chi connectivity index (χ0v) is 12.8. The Balaban J connectivity index is 1.79. The molecule has 0 bridgehead atoms. The fourth-order valence-corrected chi connectivity index (χ4v) is 2.96. The normalized spacial score (nSPS) is 20.5. The van der Waals surface area contributed by atoms with Gasteiger partial charge in [0.05, 0.1) is 6.54 Å². The van der Waals surface area contributed by atoms with Crippen LogP contribution < -0.4 is 5.32 Å². The maximum absolute atomic E-state index is 12.3. The highest BCUT2D eigenvalue weighted by atomic mass is 16.5. The molecule has 1 fully saturated rings. The van der Waals surface area contributed by atoms with Gasteiger partial charge in [0.1, 0.15) is 0 Å². The summed E-state index contributed by atoms with van der Waals surface area (Å²) in [5.41, 5.74) is 1.14. The smallest absolute Gasteiger partial charge is 0.242 e. The minimum atomic E-state index is -0.216. The lowest BCUT2D eigenvalue weighted by Crippen LogP contribution is -2.38. The molecule has 23 heavy (non-hydrogen) atoms. The van der Waals surface area contributed by atoms with Gasteiger partial charge in [-0.3, -0.25) is 9.59 Å². The van der Waals surface area contributed by atoms with Crippen molar-refractivity contribution >= 4 is 11.8 Å². The van der Waals surface area contributed by atoms with E-state index < -0.39 is 0 Å². The average Bonchev–Trinajstić information content (AvgIpc) is 3.22. The quantitative estimate of drug-likeness (QED) is 0.906. The van der Waals surface area contributed by atoms with Gasteiger partial charge in [-0.25, -0.2) is 0 Å². The maximum Gasteiger partial charge on any atom is 0.242 e. The van der Waals surface area contributed by atoms with E-state index in [1.54, 1.807) is 4.90 Å². The lowest BCUT2D eigenvalue weighted by molar-refractivity contribution is -0.131. The van der Waals surface area contributed by atoms with E-state index in [4.69, 9.17) is 4.52 Å². The Kier molecular flexibility index (Phi) is 4.36. The van der Waals surface area contributed by atoms with Crippen LogP contribution in [0.25, 0.3) is 0 Å². The van der Waals surface area contributed by atoms with Crippen LogP contribution in [0.4, 0.5) is 0 Å². The van der Waals surface area contributed by atoms with Gasteiger partial charge in [-0.05, 0) is 5.56 Å². The number of rotatable bonds is 4. The third kappa shape index (κ3) is 3.39. The largest absolute Gasteiger partial charge is 0.347 e. The summed E-state index contributed by atoms with van der Waals surface area (Å²) in [4.78, 5) is 29.2. The molecule has 1 saturated heterocycles. The first-order valence-corrected chi connectivity index (χ1v) is 7.48. The van der Waals surface area contributed by atoms with E-state index >= 15 is 0 Å². The molecule has 3 rings (SSSR count). The van der Waals surface area contributed by atoms with Crippen LogP contribution in [-0.4, -0.2) is 46.5 Å². The number of carbonyl (C=O) groups excluding carboxylic acids is 2. The second-order valence-electron chi connectivity index (χ2n) is 5.62. The molecular weight excluding hydrogens is 296 g/mol. The van der Waals surface area contributed by atoms with Crippen LogP contribution in [-0.2, 0) is 9.59 Å². The van der Waals surface area contributed by atoms with E-state index in [0.717, 1.165) is 5.56 Å². The van der Waals surface area contributed by atoms with Gasteiger partial charge in [0.25, 0.3) is 0 Å². The van der Waals surface area contributed by atoms with Gasteiger partial charge in [0.2, 0.25) is 18.2 Å². The second kappa shape index (κ2) is 6.60. The SMILES string of the molecule is CC(=O)NCC(=O)N1C[C@@H](c2ccccc2)[C@H](c2ncon2)C1. The van der Waals surface area contributed by atoms with Gasteiger partial charge in [-0.15, -0.1) is 0 Å². The van der Waals surface area contributed by atoms with Crippen LogP contribution in [0.3, 0.4) is 0 Å². The molecule has 1 aliphatic rings. The van der Waals surface area contributed by atoms with Gasteiger partial charge in [-0.1, -0.05) is 35.5 Å². The molecule has 0 unspecified atom stereocenters. The molecule has 1 aromatic heterocycles. The van der Waals surface area contributed by atoms with E-state index in [2.05, 4.69) is 15.5 Å². The Bertz CT molecular complexity index is 672. The third-order valence-corrected chi connectivity index (χ3v) is 4.10. The summed E-state index contributed by atoms with van der Waals surface area (Å²) < 4.78 is 4.86. The van der Waals surface area contributed by atoms with Crippen molar-refractivity contribution in [1.29, 1.82) is 0 Å². The van der Waals surface area contributed by atoms with E-state index in [-0.39, 0.29) is 30.2 Å². The number of hydrogen-bond acceptors (Lipinski definition) is 5. The summed E-state index contributed by atoms with van der Waals surface area (Å²) in [7, 11) is 0. The van der Waals surface area contributed by atoms with E-state index in [1.165, 1.54) is 13.3 Å². The van der Waals surface area contributed by atoms with Crippen molar-refractivity contribution in [2.75, 3.05) is 19.6 Å². The molecule has 1 aromatic carbocycles. The molecule has 2 atom stereocenters. The van der Waals surface area contributed by atoms with Crippen molar-refractivity contribution in [3.63, 3.8) is 0 Å². The summed E-state index contributed by atoms with van der Waals surface area (Å²) in [5.74, 6) is 0.375. The first kappa shape index (κ1) is 15.2. The molecule has 0 spiro atoms. The van der Waals surface area contributed by atoms with Gasteiger partial charge < -0.3 is 14.7 Å². The van der Waals surface area contributed by atoms with Crippen molar-refractivity contribution in [2.24, 2.45) is 0 Å². The molecule has 0 saturated carbocycles. The van der Waals surface area contributed by atoms with Crippen LogP contribution >= 0.6 is 0 Å². The Labute approximate surface area is 133 Å². The Morgan fingerprint density at radius 2 is 2.00 bits per heavy atom. The molecule has 2 amide bonds. The fourth-order valence-electron chi connectivity index (χ4n) is 2.96. The Morgan fingerprint density at radius 3 is 2.65 bits per heavy atom. The Morgan fingerprint density at radius 1 is 1.26 bits per heavy atom. The zero-order chi connectivity index (χ0) is 16.2. The average molecular weight is 314 g/mol. The van der Waals surface area contributed by atoms with E-state index in [9.17, 15) is 9.59 Å². The highest BCUT2D eigenvalue weighted by molar-refractivity contribution is 5.84. The van der Waals surface area contributed by atoms with Gasteiger partial charge in [0, 0.05) is 31.8 Å². The summed E-state index contributed by atoms with van der Waals surface area (Å²) >= 11 is 0. The molecular formula is C16H18N4O3. The molecule has 7 heteroatoms. The van der Waals surface area contributed by atoms with Crippen molar-refractivity contribution in [3.8, 4) is 0 Å². The standard InChI is InChI=1S/C16H18N4O3/c1-11(21)17-7-15(22)20-8-13(12-5-3-2-4-6-12)14(9-20)16-18-10-23-19-16/h2-6,10,13-14H,7-9H2,1H3,(H,17,21)/t13-,14+/m0/s1. The highest BCUT2D eigenvalue weighted by Gasteiger charge is 2.39. The predicted octanol–water partition coefficient (Wildman–Crippen LogP) is 0.915. The number of benzene rings is 1. The monoisotopic (exact) mass is 314 g/mol. The van der Waals surface area contributed by atoms with E-state index in [0.29, 0.717) is 18.9 Å². The molecule has 0 aliphatic carbocycles. The minimum Gasteiger partial charge on any atom is -0.347 e. The minimum absolute atomic E-state index is 0.00973. The molecule has 7 nitrogen and oxygen atoms in total. The number of nitrogens with one attached hydrogen (secondary N) is 1. The van der Waals surface area contributed by atoms with Crippen LogP contribution in [0.1, 0.15) is 30.1 Å². The second-order valence-corrected chi connectivity index (χ2v) is 5.62.